The number of methoxy groups -OCH3 is 1. The molecule has 0 bridgehead atoms. The van der Waals surface area contributed by atoms with E-state index in [1.54, 1.807) is 25.4 Å². The molecule has 32 heavy (non-hydrogen) atoms. The zero-order valence-electron chi connectivity index (χ0n) is 18.3. The van der Waals surface area contributed by atoms with Gasteiger partial charge in [-0.3, -0.25) is 0 Å². The predicted octanol–water partition coefficient (Wildman–Crippen LogP) is 2.75. The molecule has 1 aliphatic rings. The van der Waals surface area contributed by atoms with Crippen LogP contribution in [0.15, 0.2) is 53.6 Å². The highest BCUT2D eigenvalue weighted by atomic mass is 32.2. The lowest BCUT2D eigenvalue weighted by Gasteiger charge is -2.34. The Balaban J connectivity index is 1.42. The number of anilines is 3. The molecule has 1 N–H and O–H groups in total. The smallest absolute Gasteiger partial charge is 0.243 e. The van der Waals surface area contributed by atoms with E-state index in [0.29, 0.717) is 59.8 Å². The van der Waals surface area contributed by atoms with Gasteiger partial charge in [-0.25, -0.2) is 13.4 Å². The van der Waals surface area contributed by atoms with E-state index in [1.165, 1.54) is 4.31 Å². The van der Waals surface area contributed by atoms with Crippen LogP contribution in [0.5, 0.6) is 5.75 Å². The lowest BCUT2D eigenvalue weighted by molar-refractivity contribution is 0.382. The van der Waals surface area contributed by atoms with E-state index >= 15 is 0 Å². The van der Waals surface area contributed by atoms with Gasteiger partial charge < -0.3 is 15.0 Å². The van der Waals surface area contributed by atoms with E-state index in [9.17, 15) is 8.42 Å². The minimum atomic E-state index is -3.59. The average molecular weight is 455 g/mol. The molecule has 3 heterocycles. The van der Waals surface area contributed by atoms with Crippen LogP contribution in [-0.4, -0.2) is 61.2 Å². The van der Waals surface area contributed by atoms with Crippen molar-refractivity contribution in [2.45, 2.75) is 18.7 Å². The van der Waals surface area contributed by atoms with Crippen LogP contribution in [0.1, 0.15) is 11.1 Å². The number of benzene rings is 1. The second-order valence-electron chi connectivity index (χ2n) is 7.52. The summed E-state index contributed by atoms with van der Waals surface area (Å²) in [5, 5.41) is 11.6. The van der Waals surface area contributed by atoms with E-state index in [1.807, 2.05) is 49.1 Å². The van der Waals surface area contributed by atoms with Gasteiger partial charge in [0, 0.05) is 32.4 Å². The number of nitrogens with zero attached hydrogens (tertiary/aromatic N) is 5. The Morgan fingerprint density at radius 3 is 2.31 bits per heavy atom. The molecule has 168 valence electrons. The van der Waals surface area contributed by atoms with Crippen LogP contribution < -0.4 is 15.0 Å². The van der Waals surface area contributed by atoms with Gasteiger partial charge in [0.2, 0.25) is 10.0 Å². The zero-order chi connectivity index (χ0) is 22.7. The standard InChI is InChI=1S/C22H26N6O3S/c1-16-17(2)19(8-7-18(16)31-3)32(29,30)28-14-12-27(13-15-28)22-10-9-21(25-26-22)24-20-6-4-5-11-23-20/h4-11H,12-15H2,1-3H3,(H,23,24,25). The molecule has 1 saturated heterocycles. The molecular formula is C22H26N6O3S. The minimum Gasteiger partial charge on any atom is -0.496 e. The first-order chi connectivity index (χ1) is 15.4. The van der Waals surface area contributed by atoms with Crippen LogP contribution in [0, 0.1) is 13.8 Å². The SMILES string of the molecule is COc1ccc(S(=O)(=O)N2CCN(c3ccc(Nc4ccccn4)nn3)CC2)c(C)c1C. The van der Waals surface area contributed by atoms with Crippen molar-refractivity contribution < 1.29 is 13.2 Å². The molecule has 0 amide bonds. The summed E-state index contributed by atoms with van der Waals surface area (Å²) < 4.78 is 33.3. The van der Waals surface area contributed by atoms with Crippen LogP contribution in [0.25, 0.3) is 0 Å². The normalized spacial score (nSPS) is 14.9. The number of nitrogens with one attached hydrogen (secondary N) is 1. The van der Waals surface area contributed by atoms with Crippen LogP contribution >= 0.6 is 0 Å². The molecule has 1 fully saturated rings. The summed E-state index contributed by atoms with van der Waals surface area (Å²) in [5.74, 6) is 2.69. The minimum absolute atomic E-state index is 0.328. The van der Waals surface area contributed by atoms with E-state index in [0.717, 1.165) is 5.56 Å². The first-order valence-corrected chi connectivity index (χ1v) is 11.8. The Morgan fingerprint density at radius 2 is 1.69 bits per heavy atom. The third-order valence-electron chi connectivity index (χ3n) is 5.66. The average Bonchev–Trinajstić information content (AvgIpc) is 2.82. The van der Waals surface area contributed by atoms with Gasteiger partial charge in [0.25, 0.3) is 0 Å². The maximum absolute atomic E-state index is 13.2. The molecule has 0 saturated carbocycles. The maximum Gasteiger partial charge on any atom is 0.243 e. The van der Waals surface area contributed by atoms with Crippen molar-refractivity contribution in [2.75, 3.05) is 43.5 Å². The van der Waals surface area contributed by atoms with Gasteiger partial charge >= 0.3 is 0 Å². The van der Waals surface area contributed by atoms with Gasteiger partial charge in [-0.1, -0.05) is 6.07 Å². The highest BCUT2D eigenvalue weighted by molar-refractivity contribution is 7.89. The van der Waals surface area contributed by atoms with Gasteiger partial charge in [-0.15, -0.1) is 10.2 Å². The van der Waals surface area contributed by atoms with E-state index in [2.05, 4.69) is 20.5 Å². The number of sulfonamides is 1. The Labute approximate surface area is 188 Å². The fourth-order valence-electron chi connectivity index (χ4n) is 3.70. The molecule has 0 aliphatic carbocycles. The highest BCUT2D eigenvalue weighted by Gasteiger charge is 2.30. The predicted molar refractivity (Wildman–Crippen MR) is 123 cm³/mol. The van der Waals surface area contributed by atoms with Gasteiger partial charge in [0.05, 0.1) is 12.0 Å². The summed E-state index contributed by atoms with van der Waals surface area (Å²) in [6.45, 7) is 5.52. The lowest BCUT2D eigenvalue weighted by atomic mass is 10.1. The van der Waals surface area contributed by atoms with Crippen LogP contribution in [-0.2, 0) is 10.0 Å². The highest BCUT2D eigenvalue weighted by Crippen LogP contribution is 2.29. The quantitative estimate of drug-likeness (QED) is 0.607. The summed E-state index contributed by atoms with van der Waals surface area (Å²) >= 11 is 0. The molecule has 3 aromatic rings. The summed E-state index contributed by atoms with van der Waals surface area (Å²) in [4.78, 5) is 6.57. The Morgan fingerprint density at radius 1 is 0.906 bits per heavy atom. The molecule has 0 atom stereocenters. The number of hydrogen-bond donors (Lipinski definition) is 1. The Kier molecular flexibility index (Phi) is 6.24. The topological polar surface area (TPSA) is 101 Å². The maximum atomic E-state index is 13.2. The van der Waals surface area contributed by atoms with Crippen LogP contribution in [0.2, 0.25) is 0 Å². The second-order valence-corrected chi connectivity index (χ2v) is 9.43. The molecular weight excluding hydrogens is 428 g/mol. The summed E-state index contributed by atoms with van der Waals surface area (Å²) in [6.07, 6.45) is 1.70. The summed E-state index contributed by atoms with van der Waals surface area (Å²) in [7, 11) is -2.01. The molecule has 2 aromatic heterocycles. The number of piperazine rings is 1. The third-order valence-corrected chi connectivity index (χ3v) is 7.70. The van der Waals surface area contributed by atoms with Crippen molar-refractivity contribution in [1.29, 1.82) is 0 Å². The molecule has 10 heteroatoms. The number of pyridine rings is 1. The summed E-state index contributed by atoms with van der Waals surface area (Å²) in [6, 6.07) is 12.6. The Hall–Kier alpha value is -3.24. The van der Waals surface area contributed by atoms with E-state index in [-0.39, 0.29) is 0 Å². The number of aromatic nitrogens is 3. The third kappa shape index (κ3) is 4.37. The van der Waals surface area contributed by atoms with Gasteiger partial charge in [0.1, 0.15) is 11.6 Å². The largest absolute Gasteiger partial charge is 0.496 e. The number of rotatable bonds is 6. The zero-order valence-corrected chi connectivity index (χ0v) is 19.1. The van der Waals surface area contributed by atoms with Crippen LogP contribution in [0.4, 0.5) is 17.5 Å². The van der Waals surface area contributed by atoms with Gasteiger partial charge in [0.15, 0.2) is 11.6 Å². The van der Waals surface area contributed by atoms with Gasteiger partial charge in [-0.05, 0) is 61.4 Å². The van der Waals surface area contributed by atoms with Crippen molar-refractivity contribution in [2.24, 2.45) is 0 Å². The molecule has 1 aromatic carbocycles. The monoisotopic (exact) mass is 454 g/mol. The van der Waals surface area contributed by atoms with Crippen molar-refractivity contribution >= 4 is 27.5 Å². The molecule has 9 nitrogen and oxygen atoms in total. The molecule has 4 rings (SSSR count). The second kappa shape index (κ2) is 9.09. The molecule has 0 unspecified atom stereocenters. The first kappa shape index (κ1) is 22.0. The van der Waals surface area contributed by atoms with Crippen molar-refractivity contribution in [3.05, 3.63) is 59.8 Å². The first-order valence-electron chi connectivity index (χ1n) is 10.3. The fraction of sp³-hybridized carbons (Fsp3) is 0.318. The van der Waals surface area contributed by atoms with Crippen molar-refractivity contribution in [3.8, 4) is 5.75 Å². The van der Waals surface area contributed by atoms with Gasteiger partial charge in [-0.2, -0.15) is 4.31 Å². The van der Waals surface area contributed by atoms with Crippen LogP contribution in [0.3, 0.4) is 0 Å². The lowest BCUT2D eigenvalue weighted by Crippen LogP contribution is -2.49. The van der Waals surface area contributed by atoms with Crippen molar-refractivity contribution in [1.82, 2.24) is 19.5 Å². The number of ether oxygens (including phenoxy) is 1. The Bertz CT molecular complexity index is 1180. The molecule has 0 spiro atoms. The summed E-state index contributed by atoms with van der Waals surface area (Å²) in [5.41, 5.74) is 1.55. The van der Waals surface area contributed by atoms with E-state index in [4.69, 9.17) is 4.74 Å². The van der Waals surface area contributed by atoms with Crippen molar-refractivity contribution in [3.63, 3.8) is 0 Å². The molecule has 1 aliphatic heterocycles. The molecule has 0 radical (unpaired) electrons. The fourth-order valence-corrected chi connectivity index (χ4v) is 5.40. The number of hydrogen-bond acceptors (Lipinski definition) is 8. The van der Waals surface area contributed by atoms with E-state index < -0.39 is 10.0 Å².